The Labute approximate surface area is 203 Å². The lowest BCUT2D eigenvalue weighted by atomic mass is 9.41. The van der Waals surface area contributed by atoms with Crippen molar-refractivity contribution in [2.45, 2.75) is 110 Å². The Balaban J connectivity index is 1.27. The van der Waals surface area contributed by atoms with Crippen molar-refractivity contribution in [3.63, 3.8) is 0 Å². The van der Waals surface area contributed by atoms with Crippen LogP contribution in [0.2, 0.25) is 0 Å². The number of ether oxygens (including phenoxy) is 1. The van der Waals surface area contributed by atoms with E-state index in [0.29, 0.717) is 40.4 Å². The second-order valence-electron chi connectivity index (χ2n) is 14.3. The Bertz CT molecular complexity index is 997. The molecule has 2 heterocycles. The van der Waals surface area contributed by atoms with Gasteiger partial charge in [0.05, 0.1) is 18.3 Å². The molecule has 6 fully saturated rings. The van der Waals surface area contributed by atoms with Gasteiger partial charge in [-0.3, -0.25) is 0 Å². The monoisotopic (exact) mass is 470 g/mol. The van der Waals surface area contributed by atoms with Gasteiger partial charge in [0, 0.05) is 5.41 Å². The van der Waals surface area contributed by atoms with Crippen molar-refractivity contribution < 1.29 is 19.4 Å². The summed E-state index contributed by atoms with van der Waals surface area (Å²) >= 11 is 0. The van der Waals surface area contributed by atoms with E-state index in [1.807, 2.05) is 0 Å². The van der Waals surface area contributed by atoms with Gasteiger partial charge in [-0.2, -0.15) is 0 Å². The van der Waals surface area contributed by atoms with Gasteiger partial charge >= 0.3 is 0 Å². The summed E-state index contributed by atoms with van der Waals surface area (Å²) in [7, 11) is 0. The summed E-state index contributed by atoms with van der Waals surface area (Å²) in [6.07, 6.45) is 9.41. The van der Waals surface area contributed by atoms with E-state index in [1.54, 1.807) is 0 Å². The Morgan fingerprint density at radius 3 is 2.44 bits per heavy atom. The zero-order valence-corrected chi connectivity index (χ0v) is 21.5. The molecule has 34 heavy (non-hydrogen) atoms. The predicted octanol–water partition coefficient (Wildman–Crippen LogP) is 4.92. The fourth-order valence-electron chi connectivity index (χ4n) is 11.8. The highest BCUT2D eigenvalue weighted by Gasteiger charge is 2.84. The number of hydrogen-bond donors (Lipinski definition) is 2. The molecule has 2 N–H and O–H groups in total. The SMILES string of the molecule is C[C@@H]1CC(c2nnco2)OC2[C@H]1C1(C)CCC34CC35CC[C@H](O)C(C)(C)[C@@H]5CCC4[C@]1(C)[C@H]2O. The fraction of sp³-hybridized carbons (Fsp3) is 0.929. The highest BCUT2D eigenvalue weighted by Crippen LogP contribution is 2.89. The number of fused-ring (bicyclic) bond motifs is 4. The third-order valence-electron chi connectivity index (χ3n) is 13.4. The largest absolute Gasteiger partial charge is 0.425 e. The van der Waals surface area contributed by atoms with Gasteiger partial charge in [-0.05, 0) is 96.7 Å². The van der Waals surface area contributed by atoms with E-state index in [1.165, 1.54) is 44.9 Å². The molecule has 1 aromatic heterocycles. The second kappa shape index (κ2) is 6.47. The van der Waals surface area contributed by atoms with E-state index in [-0.39, 0.29) is 34.6 Å². The van der Waals surface area contributed by atoms with Crippen LogP contribution in [-0.4, -0.2) is 38.7 Å². The third-order valence-corrected chi connectivity index (χ3v) is 13.4. The average Bonchev–Trinajstić information content (AvgIpc) is 3.07. The van der Waals surface area contributed by atoms with Crippen LogP contribution < -0.4 is 0 Å². The molecule has 1 saturated heterocycles. The van der Waals surface area contributed by atoms with Crippen LogP contribution in [0.4, 0.5) is 0 Å². The van der Waals surface area contributed by atoms with E-state index in [4.69, 9.17) is 9.15 Å². The van der Waals surface area contributed by atoms with Gasteiger partial charge in [0.2, 0.25) is 12.3 Å². The normalized spacial score (nSPS) is 59.3. The molecule has 6 unspecified atom stereocenters. The lowest BCUT2D eigenvalue weighted by Gasteiger charge is -2.63. The Hall–Kier alpha value is -0.980. The molecule has 1 aliphatic heterocycles. The molecule has 5 saturated carbocycles. The van der Waals surface area contributed by atoms with Gasteiger partial charge in [-0.25, -0.2) is 0 Å². The number of hydrogen-bond acceptors (Lipinski definition) is 6. The molecular formula is C28H42N2O4. The standard InChI is InChI=1S/C28H42N2O4/c1-15-12-16(23-30-29-14-33-23)34-21-20(15)25(4)10-11-28-13-27(28)9-8-19(31)24(2,3)17(27)6-7-18(28)26(25,5)22(21)32/h14-22,31-32H,6-13H2,1-5H3/t15-,16?,17+,18?,19+,20+,21?,22+,25?,26-,27?,28?/m1/s1. The van der Waals surface area contributed by atoms with Crippen LogP contribution in [0.25, 0.3) is 0 Å². The van der Waals surface area contributed by atoms with E-state index in [2.05, 4.69) is 44.8 Å². The molecule has 6 aliphatic rings. The quantitative estimate of drug-likeness (QED) is 0.606. The Kier molecular flexibility index (Phi) is 4.23. The van der Waals surface area contributed by atoms with Gasteiger partial charge in [-0.15, -0.1) is 10.2 Å². The van der Waals surface area contributed by atoms with Crippen molar-refractivity contribution in [2.24, 2.45) is 50.7 Å². The number of aromatic nitrogens is 2. The molecule has 188 valence electrons. The molecule has 6 heteroatoms. The van der Waals surface area contributed by atoms with Crippen molar-refractivity contribution in [1.29, 1.82) is 0 Å². The van der Waals surface area contributed by atoms with E-state index >= 15 is 0 Å². The molecule has 0 bridgehead atoms. The maximum absolute atomic E-state index is 12.2. The highest BCUT2D eigenvalue weighted by molar-refractivity contribution is 5.32. The Morgan fingerprint density at radius 1 is 0.971 bits per heavy atom. The maximum atomic E-state index is 12.2. The predicted molar refractivity (Wildman–Crippen MR) is 125 cm³/mol. The molecule has 0 amide bonds. The van der Waals surface area contributed by atoms with Gasteiger partial charge in [0.1, 0.15) is 6.10 Å². The van der Waals surface area contributed by atoms with Crippen LogP contribution in [0.1, 0.15) is 98.0 Å². The number of aliphatic hydroxyl groups excluding tert-OH is 2. The van der Waals surface area contributed by atoms with Gasteiger partial charge in [-0.1, -0.05) is 34.6 Å². The van der Waals surface area contributed by atoms with Crippen LogP contribution in [0.5, 0.6) is 0 Å². The first kappa shape index (κ1) is 22.2. The van der Waals surface area contributed by atoms with E-state index in [0.717, 1.165) is 12.8 Å². The zero-order chi connectivity index (χ0) is 23.9. The summed E-state index contributed by atoms with van der Waals surface area (Å²) in [6, 6.07) is 0. The third kappa shape index (κ3) is 2.23. The van der Waals surface area contributed by atoms with Crippen molar-refractivity contribution in [2.75, 3.05) is 0 Å². The summed E-state index contributed by atoms with van der Waals surface area (Å²) in [5.41, 5.74) is 0.603. The first-order valence-electron chi connectivity index (χ1n) is 13.8. The lowest BCUT2D eigenvalue weighted by Crippen LogP contribution is -2.59. The van der Waals surface area contributed by atoms with Crippen LogP contribution in [0, 0.1) is 50.7 Å². The molecule has 6 nitrogen and oxygen atoms in total. The Morgan fingerprint density at radius 2 is 1.71 bits per heavy atom. The molecule has 7 rings (SSSR count). The van der Waals surface area contributed by atoms with Crippen LogP contribution in [0.3, 0.4) is 0 Å². The molecule has 2 spiro atoms. The van der Waals surface area contributed by atoms with E-state index in [9.17, 15) is 10.2 Å². The van der Waals surface area contributed by atoms with Crippen LogP contribution in [0.15, 0.2) is 10.8 Å². The van der Waals surface area contributed by atoms with Gasteiger partial charge < -0.3 is 19.4 Å². The minimum absolute atomic E-state index is 0.00836. The minimum Gasteiger partial charge on any atom is -0.425 e. The second-order valence-corrected chi connectivity index (χ2v) is 14.3. The zero-order valence-electron chi connectivity index (χ0n) is 21.5. The van der Waals surface area contributed by atoms with Crippen LogP contribution >= 0.6 is 0 Å². The van der Waals surface area contributed by atoms with Crippen molar-refractivity contribution in [3.8, 4) is 0 Å². The lowest BCUT2D eigenvalue weighted by molar-refractivity contribution is -0.182. The smallest absolute Gasteiger partial charge is 0.244 e. The van der Waals surface area contributed by atoms with Gasteiger partial charge in [0.15, 0.2) is 0 Å². The molecule has 5 aliphatic carbocycles. The number of nitrogens with zero attached hydrogens (tertiary/aromatic N) is 2. The van der Waals surface area contributed by atoms with Crippen molar-refractivity contribution in [3.05, 3.63) is 12.3 Å². The average molecular weight is 471 g/mol. The molecular weight excluding hydrogens is 428 g/mol. The maximum Gasteiger partial charge on any atom is 0.244 e. The minimum atomic E-state index is -0.478. The summed E-state index contributed by atoms with van der Waals surface area (Å²) in [5.74, 6) is 2.45. The van der Waals surface area contributed by atoms with Crippen molar-refractivity contribution >= 4 is 0 Å². The number of rotatable bonds is 1. The molecule has 12 atom stereocenters. The summed E-state index contributed by atoms with van der Waals surface area (Å²) < 4.78 is 12.2. The first-order valence-corrected chi connectivity index (χ1v) is 13.8. The molecule has 1 aromatic rings. The first-order chi connectivity index (χ1) is 16.0. The molecule has 0 radical (unpaired) electrons. The van der Waals surface area contributed by atoms with E-state index < -0.39 is 6.10 Å². The summed E-state index contributed by atoms with van der Waals surface area (Å²) in [4.78, 5) is 0. The number of aliphatic hydroxyl groups is 2. The van der Waals surface area contributed by atoms with Crippen LogP contribution in [-0.2, 0) is 4.74 Å². The van der Waals surface area contributed by atoms with Gasteiger partial charge in [0.25, 0.3) is 0 Å². The van der Waals surface area contributed by atoms with Crippen molar-refractivity contribution in [1.82, 2.24) is 10.2 Å². The fourth-order valence-corrected chi connectivity index (χ4v) is 11.8. The summed E-state index contributed by atoms with van der Waals surface area (Å²) in [5, 5.41) is 31.1. The topological polar surface area (TPSA) is 88.6 Å². The summed E-state index contributed by atoms with van der Waals surface area (Å²) in [6.45, 7) is 11.9. The molecule has 0 aromatic carbocycles. The highest BCUT2D eigenvalue weighted by atomic mass is 16.5.